The van der Waals surface area contributed by atoms with E-state index in [1.165, 1.54) is 16.6 Å². The number of fused-ring (bicyclic) bond motifs is 1. The number of aromatic nitrogens is 2. The molecule has 0 saturated heterocycles. The largest absolute Gasteiger partial charge is 0.323 e. The van der Waals surface area contributed by atoms with Gasteiger partial charge in [0.15, 0.2) is 0 Å². The van der Waals surface area contributed by atoms with Gasteiger partial charge in [0.2, 0.25) is 0 Å². The van der Waals surface area contributed by atoms with E-state index in [0.29, 0.717) is 0 Å². The van der Waals surface area contributed by atoms with Gasteiger partial charge in [-0.15, -0.1) is 0 Å². The Morgan fingerprint density at radius 1 is 0.933 bits per heavy atom. The quantitative estimate of drug-likeness (QED) is 0.582. The predicted octanol–water partition coefficient (Wildman–Crippen LogP) is 3.00. The lowest BCUT2D eigenvalue weighted by Gasteiger charge is -1.93. The van der Waals surface area contributed by atoms with Crippen molar-refractivity contribution in [1.82, 2.24) is 9.38 Å². The van der Waals surface area contributed by atoms with Crippen molar-refractivity contribution in [3.05, 3.63) is 61.2 Å². The molecule has 3 rings (SSSR count). The molecule has 3 aromatic heterocycles. The van der Waals surface area contributed by atoms with E-state index in [9.17, 15) is 0 Å². The van der Waals surface area contributed by atoms with E-state index in [2.05, 4.69) is 33.9 Å². The third kappa shape index (κ3) is 1.40. The number of hydrogen-bond acceptors (Lipinski definition) is 1. The lowest BCUT2D eigenvalue weighted by atomic mass is 10.1. The van der Waals surface area contributed by atoms with Crippen LogP contribution in [0.2, 0.25) is 0 Å². The topological polar surface area (TPSA) is 17.3 Å². The van der Waals surface area contributed by atoms with Crippen molar-refractivity contribution in [1.29, 1.82) is 0 Å². The van der Waals surface area contributed by atoms with Gasteiger partial charge in [0.25, 0.3) is 0 Å². The summed E-state index contributed by atoms with van der Waals surface area (Å²) < 4.78 is 2.12. The Bertz CT molecular complexity index is 549. The van der Waals surface area contributed by atoms with Crippen LogP contribution in [0.25, 0.3) is 16.6 Å². The molecule has 3 heterocycles. The lowest BCUT2D eigenvalue weighted by molar-refractivity contribution is 1.20. The highest BCUT2D eigenvalue weighted by molar-refractivity contribution is 5.69. The molecule has 0 bridgehead atoms. The Hall–Kier alpha value is -2.09. The number of hydrogen-bond donors (Lipinski definition) is 0. The van der Waals surface area contributed by atoms with Crippen LogP contribution < -0.4 is 0 Å². The number of pyridine rings is 2. The molecule has 0 spiro atoms. The summed E-state index contributed by atoms with van der Waals surface area (Å²) in [6, 6.07) is 12.4. The molecular weight excluding hydrogens is 184 g/mol. The minimum atomic E-state index is 1.20. The van der Waals surface area contributed by atoms with Gasteiger partial charge >= 0.3 is 0 Å². The van der Waals surface area contributed by atoms with Gasteiger partial charge in [0.1, 0.15) is 0 Å². The third-order valence-corrected chi connectivity index (χ3v) is 2.52. The minimum Gasteiger partial charge on any atom is -0.323 e. The lowest BCUT2D eigenvalue weighted by Crippen LogP contribution is -1.77. The molecule has 0 saturated carbocycles. The number of rotatable bonds is 1. The fraction of sp³-hybridized carbons (Fsp3) is 0. The van der Waals surface area contributed by atoms with Gasteiger partial charge in [-0.25, -0.2) is 0 Å². The molecule has 0 aliphatic carbocycles. The second-order valence-corrected chi connectivity index (χ2v) is 3.50. The van der Waals surface area contributed by atoms with Crippen LogP contribution in [0, 0.1) is 0 Å². The molecule has 3 aromatic rings. The van der Waals surface area contributed by atoms with E-state index < -0.39 is 0 Å². The molecule has 72 valence electrons. The van der Waals surface area contributed by atoms with Crippen molar-refractivity contribution in [2.75, 3.05) is 0 Å². The van der Waals surface area contributed by atoms with Crippen molar-refractivity contribution in [3.8, 4) is 11.1 Å². The Kier molecular flexibility index (Phi) is 1.78. The second-order valence-electron chi connectivity index (χ2n) is 3.50. The van der Waals surface area contributed by atoms with Crippen molar-refractivity contribution < 1.29 is 0 Å². The first-order chi connectivity index (χ1) is 7.43. The highest BCUT2D eigenvalue weighted by Crippen LogP contribution is 2.21. The molecule has 0 aliphatic heterocycles. The van der Waals surface area contributed by atoms with Crippen LogP contribution in [-0.2, 0) is 0 Å². The standard InChI is InChI=1S/C13H10N2/c1-2-8-15-10-12(9-13(15)3-1)11-4-6-14-7-5-11/h1-10H. The molecule has 0 amide bonds. The summed E-state index contributed by atoms with van der Waals surface area (Å²) in [5.74, 6) is 0. The predicted molar refractivity (Wildman–Crippen MR) is 60.6 cm³/mol. The fourth-order valence-electron chi connectivity index (χ4n) is 1.76. The van der Waals surface area contributed by atoms with Gasteiger partial charge in [-0.05, 0) is 35.9 Å². The average Bonchev–Trinajstić information content (AvgIpc) is 2.74. The van der Waals surface area contributed by atoms with Gasteiger partial charge in [-0.2, -0.15) is 0 Å². The molecule has 0 fully saturated rings. The summed E-state index contributed by atoms with van der Waals surface area (Å²) in [6.07, 6.45) is 7.82. The molecule has 0 radical (unpaired) electrons. The highest BCUT2D eigenvalue weighted by Gasteiger charge is 2.00. The van der Waals surface area contributed by atoms with Crippen LogP contribution in [0.4, 0.5) is 0 Å². The van der Waals surface area contributed by atoms with Crippen LogP contribution in [0.1, 0.15) is 0 Å². The maximum absolute atomic E-state index is 4.02. The van der Waals surface area contributed by atoms with Crippen LogP contribution in [0.5, 0.6) is 0 Å². The van der Waals surface area contributed by atoms with Gasteiger partial charge in [-0.3, -0.25) is 4.98 Å². The third-order valence-electron chi connectivity index (χ3n) is 2.52. The van der Waals surface area contributed by atoms with Gasteiger partial charge in [-0.1, -0.05) is 6.07 Å². The maximum atomic E-state index is 4.02. The molecule has 0 aromatic carbocycles. The first-order valence-electron chi connectivity index (χ1n) is 4.91. The van der Waals surface area contributed by atoms with Crippen molar-refractivity contribution in [2.45, 2.75) is 0 Å². The Morgan fingerprint density at radius 3 is 2.60 bits per heavy atom. The van der Waals surface area contributed by atoms with Crippen LogP contribution in [0.3, 0.4) is 0 Å². The summed E-state index contributed by atoms with van der Waals surface area (Å²) in [6.45, 7) is 0. The van der Waals surface area contributed by atoms with Crippen LogP contribution in [0.15, 0.2) is 61.2 Å². The first-order valence-corrected chi connectivity index (χ1v) is 4.91. The summed E-state index contributed by atoms with van der Waals surface area (Å²) in [4.78, 5) is 4.02. The van der Waals surface area contributed by atoms with Crippen molar-refractivity contribution in [3.63, 3.8) is 0 Å². The monoisotopic (exact) mass is 194 g/mol. The molecule has 0 atom stereocenters. The van der Waals surface area contributed by atoms with E-state index >= 15 is 0 Å². The number of nitrogens with zero attached hydrogens (tertiary/aromatic N) is 2. The van der Waals surface area contributed by atoms with Crippen LogP contribution >= 0.6 is 0 Å². The highest BCUT2D eigenvalue weighted by atomic mass is 14.8. The van der Waals surface area contributed by atoms with E-state index in [1.807, 2.05) is 36.7 Å². The SMILES string of the molecule is c1ccn2cc(-c3ccncc3)cc2c1. The molecule has 15 heavy (non-hydrogen) atoms. The van der Waals surface area contributed by atoms with Crippen molar-refractivity contribution >= 4 is 5.52 Å². The Morgan fingerprint density at radius 2 is 1.80 bits per heavy atom. The maximum Gasteiger partial charge on any atom is 0.0456 e. The summed E-state index contributed by atoms with van der Waals surface area (Å²) in [5, 5.41) is 0. The second kappa shape index (κ2) is 3.24. The first kappa shape index (κ1) is 8.24. The summed E-state index contributed by atoms with van der Waals surface area (Å²) in [5.41, 5.74) is 3.64. The molecule has 0 aliphatic rings. The zero-order valence-corrected chi connectivity index (χ0v) is 8.17. The van der Waals surface area contributed by atoms with Crippen LogP contribution in [-0.4, -0.2) is 9.38 Å². The molecule has 2 heteroatoms. The summed E-state index contributed by atoms with van der Waals surface area (Å²) >= 11 is 0. The molecule has 0 unspecified atom stereocenters. The fourth-order valence-corrected chi connectivity index (χ4v) is 1.76. The van der Waals surface area contributed by atoms with Crippen molar-refractivity contribution in [2.24, 2.45) is 0 Å². The average molecular weight is 194 g/mol. The van der Waals surface area contributed by atoms with Gasteiger partial charge < -0.3 is 4.40 Å². The van der Waals surface area contributed by atoms with Gasteiger partial charge in [0, 0.05) is 35.9 Å². The van der Waals surface area contributed by atoms with E-state index in [0.717, 1.165) is 0 Å². The zero-order valence-electron chi connectivity index (χ0n) is 8.17. The smallest absolute Gasteiger partial charge is 0.0456 e. The Labute approximate surface area is 87.8 Å². The van der Waals surface area contributed by atoms with Gasteiger partial charge in [0.05, 0.1) is 0 Å². The van der Waals surface area contributed by atoms with E-state index in [4.69, 9.17) is 0 Å². The minimum absolute atomic E-state index is 1.20. The zero-order chi connectivity index (χ0) is 10.1. The molecule has 2 nitrogen and oxygen atoms in total. The normalized spacial score (nSPS) is 10.7. The van der Waals surface area contributed by atoms with E-state index in [-0.39, 0.29) is 0 Å². The van der Waals surface area contributed by atoms with E-state index in [1.54, 1.807) is 0 Å². The summed E-state index contributed by atoms with van der Waals surface area (Å²) in [7, 11) is 0. The Balaban J connectivity index is 2.21. The molecular formula is C13H10N2. The molecule has 0 N–H and O–H groups in total.